The third-order valence-corrected chi connectivity index (χ3v) is 7.99. The lowest BCUT2D eigenvalue weighted by atomic mass is 10.0. The minimum absolute atomic E-state index is 0.0198. The van der Waals surface area contributed by atoms with E-state index in [9.17, 15) is 8.42 Å². The summed E-state index contributed by atoms with van der Waals surface area (Å²) >= 11 is 12.4. The van der Waals surface area contributed by atoms with Crippen molar-refractivity contribution in [3.8, 4) is 0 Å². The molecule has 6 nitrogen and oxygen atoms in total. The van der Waals surface area contributed by atoms with E-state index in [0.29, 0.717) is 6.54 Å². The zero-order valence-corrected chi connectivity index (χ0v) is 16.6. The van der Waals surface area contributed by atoms with Gasteiger partial charge in [0.05, 0.1) is 16.1 Å². The number of nitrogens with zero attached hydrogens (tertiary/aromatic N) is 4. The van der Waals surface area contributed by atoms with E-state index in [4.69, 9.17) is 23.2 Å². The van der Waals surface area contributed by atoms with Crippen LogP contribution in [0.4, 0.5) is 0 Å². The molecule has 140 valence electrons. The van der Waals surface area contributed by atoms with Gasteiger partial charge < -0.3 is 4.57 Å². The minimum atomic E-state index is -3.84. The summed E-state index contributed by atoms with van der Waals surface area (Å²) in [4.78, 5) is -0.0198. The number of aryl methyl sites for hydroxylation is 1. The highest BCUT2D eigenvalue weighted by molar-refractivity contribution is 7.89. The first kappa shape index (κ1) is 18.2. The van der Waals surface area contributed by atoms with Crippen molar-refractivity contribution in [2.24, 2.45) is 0 Å². The van der Waals surface area contributed by atoms with E-state index in [1.165, 1.54) is 4.31 Å². The summed E-state index contributed by atoms with van der Waals surface area (Å²) in [5, 5.41) is 8.95. The smallest absolute Gasteiger partial charge is 0.246 e. The van der Waals surface area contributed by atoms with Crippen molar-refractivity contribution in [1.82, 2.24) is 19.1 Å². The molecule has 2 aliphatic rings. The highest BCUT2D eigenvalue weighted by Crippen LogP contribution is 2.39. The maximum atomic E-state index is 13.4. The summed E-state index contributed by atoms with van der Waals surface area (Å²) < 4.78 is 30.4. The molecule has 0 saturated carbocycles. The van der Waals surface area contributed by atoms with Crippen molar-refractivity contribution >= 4 is 33.2 Å². The van der Waals surface area contributed by atoms with Crippen LogP contribution in [-0.4, -0.2) is 34.0 Å². The first-order valence-electron chi connectivity index (χ1n) is 8.88. The highest BCUT2D eigenvalue weighted by Gasteiger charge is 2.39. The fourth-order valence-corrected chi connectivity index (χ4v) is 6.62. The Hall–Kier alpha value is -1.15. The molecule has 1 aromatic heterocycles. The Kier molecular flexibility index (Phi) is 4.98. The number of piperidine rings is 1. The van der Waals surface area contributed by atoms with E-state index in [1.54, 1.807) is 18.2 Å². The first-order chi connectivity index (χ1) is 12.5. The minimum Gasteiger partial charge on any atom is -0.314 e. The summed E-state index contributed by atoms with van der Waals surface area (Å²) in [6, 6.07) is 4.42. The second kappa shape index (κ2) is 7.11. The standard InChI is InChI=1S/C17H20Cl2N4O2S/c18-12-6-5-7-13(19)16(12)26(24,25)23-11-4-1-8-14(23)17-21-20-15-9-2-3-10-22(15)17/h5-7,14H,1-4,8-11H2/t14-/m0/s1. The molecule has 0 unspecified atom stereocenters. The van der Waals surface area contributed by atoms with Gasteiger partial charge in [-0.05, 0) is 37.8 Å². The lowest BCUT2D eigenvalue weighted by Gasteiger charge is -2.34. The SMILES string of the molecule is O=S(=O)(c1c(Cl)cccc1Cl)N1CCCC[C@H]1c1nnc2n1CCCC2. The number of fused-ring (bicyclic) bond motifs is 1. The van der Waals surface area contributed by atoms with Crippen molar-refractivity contribution in [2.45, 2.75) is 56.0 Å². The van der Waals surface area contributed by atoms with E-state index in [2.05, 4.69) is 14.8 Å². The second-order valence-electron chi connectivity index (χ2n) is 6.76. The van der Waals surface area contributed by atoms with Crippen LogP contribution in [-0.2, 0) is 23.0 Å². The van der Waals surface area contributed by atoms with Crippen molar-refractivity contribution < 1.29 is 8.42 Å². The summed E-state index contributed by atoms with van der Waals surface area (Å²) in [5.74, 6) is 1.69. The Balaban J connectivity index is 1.78. The van der Waals surface area contributed by atoms with Gasteiger partial charge in [-0.3, -0.25) is 0 Å². The topological polar surface area (TPSA) is 68.1 Å². The van der Waals surface area contributed by atoms with Gasteiger partial charge in [0.15, 0.2) is 5.82 Å². The fourth-order valence-electron chi connectivity index (χ4n) is 3.87. The summed E-state index contributed by atoms with van der Waals surface area (Å²) in [6.45, 7) is 1.27. The van der Waals surface area contributed by atoms with Gasteiger partial charge in [0.1, 0.15) is 10.7 Å². The normalized spacial score (nSPS) is 21.5. The summed E-state index contributed by atoms with van der Waals surface area (Å²) in [5.41, 5.74) is 0. The first-order valence-corrected chi connectivity index (χ1v) is 11.1. The summed E-state index contributed by atoms with van der Waals surface area (Å²) in [7, 11) is -3.84. The van der Waals surface area contributed by atoms with E-state index in [0.717, 1.165) is 56.7 Å². The summed E-state index contributed by atoms with van der Waals surface area (Å²) in [6.07, 6.45) is 5.53. The Morgan fingerprint density at radius 1 is 1.00 bits per heavy atom. The number of hydrogen-bond donors (Lipinski definition) is 0. The number of sulfonamides is 1. The molecule has 0 radical (unpaired) electrons. The molecule has 0 aliphatic carbocycles. The molecule has 1 atom stereocenters. The Labute approximate surface area is 163 Å². The van der Waals surface area contributed by atoms with Crippen LogP contribution in [0.1, 0.15) is 49.8 Å². The van der Waals surface area contributed by atoms with E-state index in [1.807, 2.05) is 0 Å². The van der Waals surface area contributed by atoms with Gasteiger partial charge in [0, 0.05) is 19.5 Å². The van der Waals surface area contributed by atoms with Crippen LogP contribution in [0.5, 0.6) is 0 Å². The largest absolute Gasteiger partial charge is 0.314 e. The zero-order chi connectivity index (χ0) is 18.3. The van der Waals surface area contributed by atoms with Gasteiger partial charge in [-0.1, -0.05) is 35.7 Å². The van der Waals surface area contributed by atoms with Gasteiger partial charge in [0.25, 0.3) is 0 Å². The molecule has 1 aromatic carbocycles. The number of rotatable bonds is 3. The van der Waals surface area contributed by atoms with E-state index < -0.39 is 10.0 Å². The third-order valence-electron chi connectivity index (χ3n) is 5.13. The molecule has 0 amide bonds. The van der Waals surface area contributed by atoms with Crippen molar-refractivity contribution in [2.75, 3.05) is 6.54 Å². The lowest BCUT2D eigenvalue weighted by molar-refractivity contribution is 0.239. The van der Waals surface area contributed by atoms with Crippen LogP contribution < -0.4 is 0 Å². The van der Waals surface area contributed by atoms with Crippen LogP contribution in [0, 0.1) is 0 Å². The van der Waals surface area contributed by atoms with Gasteiger partial charge in [-0.15, -0.1) is 10.2 Å². The third kappa shape index (κ3) is 3.05. The molecule has 2 aliphatic heterocycles. The molecule has 26 heavy (non-hydrogen) atoms. The Morgan fingerprint density at radius 3 is 2.50 bits per heavy atom. The molecular formula is C17H20Cl2N4O2S. The molecule has 1 saturated heterocycles. The van der Waals surface area contributed by atoms with Crippen LogP contribution >= 0.6 is 23.2 Å². The number of aromatic nitrogens is 3. The lowest BCUT2D eigenvalue weighted by Crippen LogP contribution is -2.40. The van der Waals surface area contributed by atoms with Gasteiger partial charge >= 0.3 is 0 Å². The van der Waals surface area contributed by atoms with Crippen molar-refractivity contribution in [1.29, 1.82) is 0 Å². The molecule has 4 rings (SSSR count). The monoisotopic (exact) mass is 414 g/mol. The van der Waals surface area contributed by atoms with E-state index in [-0.39, 0.29) is 21.0 Å². The van der Waals surface area contributed by atoms with Gasteiger partial charge in [0.2, 0.25) is 10.0 Å². The van der Waals surface area contributed by atoms with Crippen LogP contribution in [0.2, 0.25) is 10.0 Å². The number of benzene rings is 1. The van der Waals surface area contributed by atoms with E-state index >= 15 is 0 Å². The molecule has 1 fully saturated rings. The predicted octanol–water partition coefficient (Wildman–Crippen LogP) is 3.84. The molecule has 3 heterocycles. The Morgan fingerprint density at radius 2 is 1.73 bits per heavy atom. The second-order valence-corrected chi connectivity index (χ2v) is 9.40. The number of halogens is 2. The average Bonchev–Trinajstić information content (AvgIpc) is 3.05. The highest BCUT2D eigenvalue weighted by atomic mass is 35.5. The predicted molar refractivity (Wildman–Crippen MR) is 99.9 cm³/mol. The molecule has 0 bridgehead atoms. The van der Waals surface area contributed by atoms with Crippen molar-refractivity contribution in [3.63, 3.8) is 0 Å². The maximum Gasteiger partial charge on any atom is 0.246 e. The number of hydrogen-bond acceptors (Lipinski definition) is 4. The van der Waals surface area contributed by atoms with Crippen LogP contribution in [0.25, 0.3) is 0 Å². The van der Waals surface area contributed by atoms with Crippen LogP contribution in [0.15, 0.2) is 23.1 Å². The zero-order valence-electron chi connectivity index (χ0n) is 14.2. The average molecular weight is 415 g/mol. The van der Waals surface area contributed by atoms with Gasteiger partial charge in [-0.2, -0.15) is 4.31 Å². The molecule has 0 N–H and O–H groups in total. The fraction of sp³-hybridized carbons (Fsp3) is 0.529. The molecular weight excluding hydrogens is 395 g/mol. The molecule has 0 spiro atoms. The Bertz CT molecular complexity index is 909. The van der Waals surface area contributed by atoms with Crippen molar-refractivity contribution in [3.05, 3.63) is 39.9 Å². The quantitative estimate of drug-likeness (QED) is 0.764. The van der Waals surface area contributed by atoms with Gasteiger partial charge in [-0.25, -0.2) is 8.42 Å². The maximum absolute atomic E-state index is 13.4. The molecule has 2 aromatic rings. The molecule has 9 heteroatoms. The van der Waals surface area contributed by atoms with Crippen LogP contribution in [0.3, 0.4) is 0 Å².